The molecule has 0 spiro atoms. The van der Waals surface area contributed by atoms with Gasteiger partial charge in [-0.2, -0.15) is 0 Å². The van der Waals surface area contributed by atoms with E-state index in [2.05, 4.69) is 4.98 Å². The highest BCUT2D eigenvalue weighted by molar-refractivity contribution is 5.17. The van der Waals surface area contributed by atoms with Crippen LogP contribution in [0.2, 0.25) is 0 Å². The van der Waals surface area contributed by atoms with Crippen molar-refractivity contribution in [1.29, 1.82) is 0 Å². The number of pyridine rings is 1. The van der Waals surface area contributed by atoms with Crippen molar-refractivity contribution in [2.24, 2.45) is 0 Å². The number of aliphatic hydroxyl groups excluding tert-OH is 1. The Balaban J connectivity index is 2.08. The lowest BCUT2D eigenvalue weighted by Gasteiger charge is -2.08. The maximum Gasteiger partial charge on any atom is 0.106 e. The van der Waals surface area contributed by atoms with Crippen LogP contribution in [0.25, 0.3) is 0 Å². The first-order valence-corrected chi connectivity index (χ1v) is 4.89. The predicted molar refractivity (Wildman–Crippen MR) is 56.3 cm³/mol. The zero-order valence-electron chi connectivity index (χ0n) is 8.55. The van der Waals surface area contributed by atoms with Crippen LogP contribution in [0.4, 0.5) is 0 Å². The summed E-state index contributed by atoms with van der Waals surface area (Å²) < 4.78 is 5.17. The molecule has 0 fully saturated rings. The molecule has 78 valence electrons. The second-order valence-corrected chi connectivity index (χ2v) is 3.53. The Labute approximate surface area is 88.4 Å². The largest absolute Gasteiger partial charge is 0.469 e. The second kappa shape index (κ2) is 4.28. The first kappa shape index (κ1) is 9.93. The van der Waals surface area contributed by atoms with Gasteiger partial charge >= 0.3 is 0 Å². The fraction of sp³-hybridized carbons (Fsp3) is 0.250. The van der Waals surface area contributed by atoms with Gasteiger partial charge in [-0.25, -0.2) is 0 Å². The van der Waals surface area contributed by atoms with Crippen molar-refractivity contribution in [2.75, 3.05) is 0 Å². The van der Waals surface area contributed by atoms with E-state index in [1.165, 1.54) is 0 Å². The van der Waals surface area contributed by atoms with Gasteiger partial charge < -0.3 is 9.52 Å². The van der Waals surface area contributed by atoms with Crippen molar-refractivity contribution in [2.45, 2.75) is 19.4 Å². The van der Waals surface area contributed by atoms with Crippen molar-refractivity contribution < 1.29 is 9.52 Å². The highest BCUT2D eigenvalue weighted by atomic mass is 16.3. The van der Waals surface area contributed by atoms with Gasteiger partial charge in [-0.1, -0.05) is 6.07 Å². The van der Waals surface area contributed by atoms with Crippen LogP contribution in [0, 0.1) is 6.92 Å². The zero-order valence-corrected chi connectivity index (χ0v) is 8.55. The highest BCUT2D eigenvalue weighted by Crippen LogP contribution is 2.17. The van der Waals surface area contributed by atoms with E-state index in [9.17, 15) is 5.11 Å². The van der Waals surface area contributed by atoms with Crippen molar-refractivity contribution in [3.63, 3.8) is 0 Å². The average Bonchev–Trinajstić information content (AvgIpc) is 2.71. The maximum atomic E-state index is 9.88. The lowest BCUT2D eigenvalue weighted by molar-refractivity contribution is 0.170. The molecular weight excluding hydrogens is 190 g/mol. The number of aromatic nitrogens is 1. The summed E-state index contributed by atoms with van der Waals surface area (Å²) in [5, 5.41) is 9.88. The molecule has 0 aromatic carbocycles. The normalized spacial score (nSPS) is 12.7. The van der Waals surface area contributed by atoms with Crippen LogP contribution >= 0.6 is 0 Å². The van der Waals surface area contributed by atoms with Gasteiger partial charge in [0, 0.05) is 18.3 Å². The van der Waals surface area contributed by atoms with Gasteiger partial charge in [-0.3, -0.25) is 4.98 Å². The van der Waals surface area contributed by atoms with Crippen LogP contribution in [-0.4, -0.2) is 10.1 Å². The average molecular weight is 203 g/mol. The lowest BCUT2D eigenvalue weighted by atomic mass is 10.1. The summed E-state index contributed by atoms with van der Waals surface area (Å²) in [5.74, 6) is 0.781. The molecule has 3 nitrogen and oxygen atoms in total. The van der Waals surface area contributed by atoms with Gasteiger partial charge in [0.1, 0.15) is 5.76 Å². The third-order valence-corrected chi connectivity index (χ3v) is 2.29. The molecule has 1 N–H and O–H groups in total. The van der Waals surface area contributed by atoms with Crippen LogP contribution < -0.4 is 0 Å². The summed E-state index contributed by atoms with van der Waals surface area (Å²) >= 11 is 0. The molecule has 1 atom stereocenters. The molecule has 0 aliphatic heterocycles. The number of nitrogens with zero attached hydrogens (tertiary/aromatic N) is 1. The Bertz CT molecular complexity index is 406. The van der Waals surface area contributed by atoms with E-state index in [0.717, 1.165) is 17.0 Å². The zero-order chi connectivity index (χ0) is 10.7. The predicted octanol–water partition coefficient (Wildman–Crippen LogP) is 2.26. The molecule has 2 heterocycles. The van der Waals surface area contributed by atoms with Gasteiger partial charge in [0.05, 0.1) is 12.4 Å². The minimum atomic E-state index is -0.552. The monoisotopic (exact) mass is 203 g/mol. The molecular formula is C12H13NO2. The van der Waals surface area contributed by atoms with Crippen LogP contribution in [-0.2, 0) is 6.42 Å². The Kier molecular flexibility index (Phi) is 2.83. The third-order valence-electron chi connectivity index (χ3n) is 2.29. The van der Waals surface area contributed by atoms with Crippen LogP contribution in [0.1, 0.15) is 23.1 Å². The van der Waals surface area contributed by atoms with E-state index >= 15 is 0 Å². The molecule has 15 heavy (non-hydrogen) atoms. The quantitative estimate of drug-likeness (QED) is 0.832. The number of aryl methyl sites for hydroxylation is 1. The maximum absolute atomic E-state index is 9.88. The van der Waals surface area contributed by atoms with E-state index in [0.29, 0.717) is 6.42 Å². The number of rotatable bonds is 3. The number of hydrogen-bond donors (Lipinski definition) is 1. The molecule has 2 aromatic heterocycles. The topological polar surface area (TPSA) is 46.3 Å². The summed E-state index contributed by atoms with van der Waals surface area (Å²) in [6.07, 6.45) is 3.24. The minimum absolute atomic E-state index is 0.484. The van der Waals surface area contributed by atoms with Crippen molar-refractivity contribution >= 4 is 0 Å². The standard InChI is InChI=1S/C12H13NO2/c1-9-4-5-10(8-13-9)12(14)7-11-3-2-6-15-11/h2-6,8,12,14H,7H2,1H3. The third kappa shape index (κ3) is 2.44. The van der Waals surface area contributed by atoms with E-state index < -0.39 is 6.10 Å². The molecule has 2 rings (SSSR count). The van der Waals surface area contributed by atoms with E-state index in [1.807, 2.05) is 31.2 Å². The molecule has 0 bridgehead atoms. The molecule has 0 saturated heterocycles. The van der Waals surface area contributed by atoms with Crippen molar-refractivity contribution in [1.82, 2.24) is 4.98 Å². The first-order chi connectivity index (χ1) is 7.25. The summed E-state index contributed by atoms with van der Waals surface area (Å²) in [5.41, 5.74) is 1.76. The molecule has 0 radical (unpaired) electrons. The van der Waals surface area contributed by atoms with E-state index in [1.54, 1.807) is 12.5 Å². The number of aliphatic hydroxyl groups is 1. The highest BCUT2D eigenvalue weighted by Gasteiger charge is 2.10. The summed E-state index contributed by atoms with van der Waals surface area (Å²) in [6, 6.07) is 7.44. The Morgan fingerprint density at radius 2 is 2.27 bits per heavy atom. The summed E-state index contributed by atoms with van der Waals surface area (Å²) in [7, 11) is 0. The van der Waals surface area contributed by atoms with Gasteiger partial charge in [-0.15, -0.1) is 0 Å². The van der Waals surface area contributed by atoms with Gasteiger partial charge in [0.15, 0.2) is 0 Å². The molecule has 1 unspecified atom stereocenters. The van der Waals surface area contributed by atoms with Crippen LogP contribution in [0.3, 0.4) is 0 Å². The molecule has 0 aliphatic rings. The smallest absolute Gasteiger partial charge is 0.106 e. The summed E-state index contributed by atoms with van der Waals surface area (Å²) in [6.45, 7) is 1.92. The minimum Gasteiger partial charge on any atom is -0.469 e. The SMILES string of the molecule is Cc1ccc(C(O)Cc2ccco2)cn1. The Morgan fingerprint density at radius 1 is 1.40 bits per heavy atom. The Morgan fingerprint density at radius 3 is 2.87 bits per heavy atom. The van der Waals surface area contributed by atoms with E-state index in [-0.39, 0.29) is 0 Å². The Hall–Kier alpha value is -1.61. The molecule has 0 aliphatic carbocycles. The molecule has 0 saturated carbocycles. The number of furan rings is 1. The van der Waals surface area contributed by atoms with Gasteiger partial charge in [-0.05, 0) is 30.7 Å². The van der Waals surface area contributed by atoms with E-state index in [4.69, 9.17) is 4.42 Å². The molecule has 0 amide bonds. The van der Waals surface area contributed by atoms with Crippen LogP contribution in [0.15, 0.2) is 41.1 Å². The van der Waals surface area contributed by atoms with Gasteiger partial charge in [0.25, 0.3) is 0 Å². The van der Waals surface area contributed by atoms with Gasteiger partial charge in [0.2, 0.25) is 0 Å². The summed E-state index contributed by atoms with van der Waals surface area (Å²) in [4.78, 5) is 4.14. The fourth-order valence-electron chi connectivity index (χ4n) is 1.41. The van der Waals surface area contributed by atoms with Crippen molar-refractivity contribution in [3.05, 3.63) is 53.7 Å². The fourth-order valence-corrected chi connectivity index (χ4v) is 1.41. The first-order valence-electron chi connectivity index (χ1n) is 4.89. The van der Waals surface area contributed by atoms with Crippen LogP contribution in [0.5, 0.6) is 0 Å². The lowest BCUT2D eigenvalue weighted by Crippen LogP contribution is -2.01. The van der Waals surface area contributed by atoms with Crippen molar-refractivity contribution in [3.8, 4) is 0 Å². The second-order valence-electron chi connectivity index (χ2n) is 3.53. The molecule has 2 aromatic rings. The molecule has 3 heteroatoms. The number of hydrogen-bond acceptors (Lipinski definition) is 3.